The molecule has 0 aliphatic carbocycles. The number of hydrogen-bond donors (Lipinski definition) is 0. The smallest absolute Gasteiger partial charge is 0.338 e. The predicted molar refractivity (Wildman–Crippen MR) is 70.0 cm³/mol. The summed E-state index contributed by atoms with van der Waals surface area (Å²) in [7, 11) is 1.17. The number of rotatable bonds is 3. The molecular weight excluding hydrogens is 292 g/mol. The number of carbonyl (C=O) groups excluding carboxylic acids is 2. The fraction of sp³-hybridized carbons (Fsp3) is 0.333. The first-order valence-corrected chi connectivity index (χ1v) is 7.62. The molecule has 0 atom stereocenters. The Morgan fingerprint density at radius 3 is 2.26 bits per heavy atom. The van der Waals surface area contributed by atoms with Crippen LogP contribution < -0.4 is 0 Å². The van der Waals surface area contributed by atoms with E-state index in [9.17, 15) is 18.0 Å². The summed E-state index contributed by atoms with van der Waals surface area (Å²) >= 11 is 0. The van der Waals surface area contributed by atoms with E-state index >= 15 is 0 Å². The summed E-state index contributed by atoms with van der Waals surface area (Å²) in [5, 5.41) is 0. The lowest BCUT2D eigenvalue weighted by molar-refractivity contribution is 0.00692. The highest BCUT2D eigenvalue weighted by Crippen LogP contribution is 2.20. The molecule has 1 aromatic rings. The third-order valence-corrected chi connectivity index (χ3v) is 3.31. The van der Waals surface area contributed by atoms with Crippen molar-refractivity contribution in [2.75, 3.05) is 0 Å². The van der Waals surface area contributed by atoms with E-state index in [4.69, 9.17) is 15.4 Å². The maximum atomic E-state index is 11.8. The second-order valence-electron chi connectivity index (χ2n) is 4.85. The fourth-order valence-corrected chi connectivity index (χ4v) is 2.10. The van der Waals surface area contributed by atoms with E-state index in [1.807, 2.05) is 0 Å². The summed E-state index contributed by atoms with van der Waals surface area (Å²) in [6, 6.07) is 3.40. The Kier molecular flexibility index (Phi) is 4.37. The monoisotopic (exact) mass is 304 g/mol. The lowest BCUT2D eigenvalue weighted by Gasteiger charge is -2.19. The summed E-state index contributed by atoms with van der Waals surface area (Å²) in [5.41, 5.74) is -0.741. The summed E-state index contributed by atoms with van der Waals surface area (Å²) in [6.07, 6.45) is 0.430. The Hall–Kier alpha value is -1.40. The van der Waals surface area contributed by atoms with E-state index in [0.717, 1.165) is 12.1 Å². The molecule has 0 saturated heterocycles. The van der Waals surface area contributed by atoms with Gasteiger partial charge in [-0.05, 0) is 39.0 Å². The normalized spacial score (nSPS) is 12.0. The van der Waals surface area contributed by atoms with Crippen LogP contribution in [-0.2, 0) is 13.8 Å². The molecule has 0 aliphatic heterocycles. The standard InChI is InChI=1S/C12H13ClO5S/c1-12(2,3)18-11(15)9-4-8(7-14)5-10(6-9)19(13,16)17/h4-7H,1-3H3. The molecular formula is C12H13ClO5S. The molecule has 0 spiro atoms. The van der Waals surface area contributed by atoms with E-state index in [1.165, 1.54) is 6.07 Å². The summed E-state index contributed by atoms with van der Waals surface area (Å²) in [4.78, 5) is 22.3. The molecule has 0 N–H and O–H groups in total. The van der Waals surface area contributed by atoms with Gasteiger partial charge in [-0.2, -0.15) is 0 Å². The first-order chi connectivity index (χ1) is 8.53. The van der Waals surface area contributed by atoms with Crippen LogP contribution >= 0.6 is 10.7 Å². The number of halogens is 1. The lowest BCUT2D eigenvalue weighted by Crippen LogP contribution is -2.24. The summed E-state index contributed by atoms with van der Waals surface area (Å²) < 4.78 is 27.6. The van der Waals surface area contributed by atoms with E-state index < -0.39 is 20.6 Å². The van der Waals surface area contributed by atoms with Crippen LogP contribution in [0.2, 0.25) is 0 Å². The maximum absolute atomic E-state index is 11.8. The van der Waals surface area contributed by atoms with Crippen molar-refractivity contribution in [3.63, 3.8) is 0 Å². The van der Waals surface area contributed by atoms with Gasteiger partial charge in [0.15, 0.2) is 0 Å². The molecule has 7 heteroatoms. The van der Waals surface area contributed by atoms with Crippen molar-refractivity contribution in [3.8, 4) is 0 Å². The highest BCUT2D eigenvalue weighted by atomic mass is 35.7. The molecule has 0 fully saturated rings. The van der Waals surface area contributed by atoms with Crippen molar-refractivity contribution in [1.82, 2.24) is 0 Å². The van der Waals surface area contributed by atoms with Crippen LogP contribution in [0.25, 0.3) is 0 Å². The fourth-order valence-electron chi connectivity index (χ4n) is 1.29. The molecule has 0 saturated carbocycles. The van der Waals surface area contributed by atoms with Crippen LogP contribution in [-0.4, -0.2) is 26.3 Å². The molecule has 104 valence electrons. The third-order valence-electron chi connectivity index (χ3n) is 1.98. The van der Waals surface area contributed by atoms with Crippen molar-refractivity contribution in [2.24, 2.45) is 0 Å². The average Bonchev–Trinajstić information content (AvgIpc) is 2.25. The number of aldehydes is 1. The molecule has 0 radical (unpaired) electrons. The number of benzene rings is 1. The summed E-state index contributed by atoms with van der Waals surface area (Å²) in [5.74, 6) is -0.724. The Bertz CT molecular complexity index is 613. The minimum atomic E-state index is -4.03. The second-order valence-corrected chi connectivity index (χ2v) is 7.41. The minimum absolute atomic E-state index is 0.0302. The van der Waals surface area contributed by atoms with Gasteiger partial charge < -0.3 is 4.74 Å². The van der Waals surface area contributed by atoms with Gasteiger partial charge in [-0.3, -0.25) is 4.79 Å². The van der Waals surface area contributed by atoms with Gasteiger partial charge in [0.05, 0.1) is 10.5 Å². The van der Waals surface area contributed by atoms with Gasteiger partial charge in [0.25, 0.3) is 9.05 Å². The number of esters is 1. The summed E-state index contributed by atoms with van der Waals surface area (Å²) in [6.45, 7) is 5.02. The SMILES string of the molecule is CC(C)(C)OC(=O)c1cc(C=O)cc(S(=O)(=O)Cl)c1. The Morgan fingerprint density at radius 2 is 1.84 bits per heavy atom. The van der Waals surface area contributed by atoms with E-state index in [0.29, 0.717) is 6.29 Å². The average molecular weight is 305 g/mol. The zero-order valence-electron chi connectivity index (χ0n) is 10.6. The molecule has 0 bridgehead atoms. The van der Waals surface area contributed by atoms with Gasteiger partial charge in [-0.1, -0.05) is 0 Å². The van der Waals surface area contributed by atoms with Crippen LogP contribution in [0.1, 0.15) is 41.5 Å². The molecule has 19 heavy (non-hydrogen) atoms. The zero-order valence-corrected chi connectivity index (χ0v) is 12.2. The molecule has 1 rings (SSSR count). The van der Waals surface area contributed by atoms with Crippen molar-refractivity contribution in [1.29, 1.82) is 0 Å². The lowest BCUT2D eigenvalue weighted by atomic mass is 10.1. The van der Waals surface area contributed by atoms with Crippen LogP contribution in [0.3, 0.4) is 0 Å². The van der Waals surface area contributed by atoms with Gasteiger partial charge in [0.2, 0.25) is 0 Å². The van der Waals surface area contributed by atoms with Crippen LogP contribution in [0.5, 0.6) is 0 Å². The number of hydrogen-bond acceptors (Lipinski definition) is 5. The minimum Gasteiger partial charge on any atom is -0.456 e. The Morgan fingerprint density at radius 1 is 1.26 bits per heavy atom. The zero-order chi connectivity index (χ0) is 14.8. The molecule has 0 aliphatic rings. The maximum Gasteiger partial charge on any atom is 0.338 e. The van der Waals surface area contributed by atoms with Gasteiger partial charge in [-0.15, -0.1) is 0 Å². The van der Waals surface area contributed by atoms with Gasteiger partial charge in [-0.25, -0.2) is 13.2 Å². The van der Waals surface area contributed by atoms with Gasteiger partial charge in [0, 0.05) is 16.2 Å². The number of ether oxygens (including phenoxy) is 1. The molecule has 0 amide bonds. The van der Waals surface area contributed by atoms with Crippen LogP contribution in [0, 0.1) is 0 Å². The third kappa shape index (κ3) is 4.65. The number of carbonyl (C=O) groups is 2. The Balaban J connectivity index is 3.29. The van der Waals surface area contributed by atoms with Crippen molar-refractivity contribution >= 4 is 32.0 Å². The molecule has 1 aromatic carbocycles. The quantitative estimate of drug-likeness (QED) is 0.487. The topological polar surface area (TPSA) is 77.5 Å². The van der Waals surface area contributed by atoms with Crippen LogP contribution in [0.4, 0.5) is 0 Å². The first kappa shape index (κ1) is 15.7. The van der Waals surface area contributed by atoms with Gasteiger partial charge in [0.1, 0.15) is 11.9 Å². The molecule has 0 unspecified atom stereocenters. The second kappa shape index (κ2) is 5.30. The van der Waals surface area contributed by atoms with Crippen molar-refractivity contribution < 1.29 is 22.7 Å². The van der Waals surface area contributed by atoms with Crippen molar-refractivity contribution in [2.45, 2.75) is 31.3 Å². The van der Waals surface area contributed by atoms with Crippen molar-refractivity contribution in [3.05, 3.63) is 29.3 Å². The highest BCUT2D eigenvalue weighted by Gasteiger charge is 2.21. The van der Waals surface area contributed by atoms with E-state index in [1.54, 1.807) is 20.8 Å². The Labute approximate surface area is 115 Å². The molecule has 0 aromatic heterocycles. The molecule has 0 heterocycles. The largest absolute Gasteiger partial charge is 0.456 e. The predicted octanol–water partition coefficient (Wildman–Crippen LogP) is 2.38. The van der Waals surface area contributed by atoms with Crippen LogP contribution in [0.15, 0.2) is 23.1 Å². The van der Waals surface area contributed by atoms with Gasteiger partial charge >= 0.3 is 5.97 Å². The highest BCUT2D eigenvalue weighted by molar-refractivity contribution is 8.13. The molecule has 5 nitrogen and oxygen atoms in total. The van der Waals surface area contributed by atoms with E-state index in [-0.39, 0.29) is 16.0 Å². The van der Waals surface area contributed by atoms with E-state index in [2.05, 4.69) is 0 Å². The first-order valence-electron chi connectivity index (χ1n) is 5.31.